The van der Waals surface area contributed by atoms with Gasteiger partial charge in [0.25, 0.3) is 0 Å². The first kappa shape index (κ1) is 25.1. The average molecular weight is 485 g/mol. The van der Waals surface area contributed by atoms with E-state index in [9.17, 15) is 13.2 Å². The summed E-state index contributed by atoms with van der Waals surface area (Å²) in [5.74, 6) is 0.564. The Morgan fingerprint density at radius 3 is 2.21 bits per heavy atom. The normalized spacial score (nSPS) is 12.0. The van der Waals surface area contributed by atoms with E-state index in [1.54, 1.807) is 37.3 Å². The Hall–Kier alpha value is -3.56. The number of aryl methyl sites for hydroxylation is 1. The van der Waals surface area contributed by atoms with Gasteiger partial charge in [-0.25, -0.2) is 8.42 Å². The SMILES string of the molecule is COc1ccc(OC)c(NC(=O)[C@@H](Cc2ccccc2)NS(=O)(=O)c2cc(C)ccc2OC)c1. The minimum Gasteiger partial charge on any atom is -0.497 e. The Morgan fingerprint density at radius 2 is 1.56 bits per heavy atom. The number of anilines is 1. The predicted molar refractivity (Wildman–Crippen MR) is 130 cm³/mol. The number of hydrogen-bond acceptors (Lipinski definition) is 6. The summed E-state index contributed by atoms with van der Waals surface area (Å²) in [6.45, 7) is 1.78. The number of carbonyl (C=O) groups excluding carboxylic acids is 1. The van der Waals surface area contributed by atoms with Crippen molar-refractivity contribution in [1.29, 1.82) is 0 Å². The highest BCUT2D eigenvalue weighted by atomic mass is 32.2. The second-order valence-electron chi connectivity index (χ2n) is 7.57. The van der Waals surface area contributed by atoms with Gasteiger partial charge in [-0.05, 0) is 48.7 Å². The number of carbonyl (C=O) groups is 1. The van der Waals surface area contributed by atoms with Crippen molar-refractivity contribution < 1.29 is 27.4 Å². The van der Waals surface area contributed by atoms with Crippen LogP contribution in [0, 0.1) is 6.92 Å². The van der Waals surface area contributed by atoms with Crippen molar-refractivity contribution in [2.45, 2.75) is 24.3 Å². The van der Waals surface area contributed by atoms with E-state index in [-0.39, 0.29) is 17.1 Å². The summed E-state index contributed by atoms with van der Waals surface area (Å²) in [7, 11) is 0.280. The summed E-state index contributed by atoms with van der Waals surface area (Å²) < 4.78 is 45.0. The fourth-order valence-corrected chi connectivity index (χ4v) is 4.86. The molecule has 2 N–H and O–H groups in total. The summed E-state index contributed by atoms with van der Waals surface area (Å²) in [6.07, 6.45) is 0.131. The van der Waals surface area contributed by atoms with Crippen LogP contribution in [0.2, 0.25) is 0 Å². The Bertz CT molecular complexity index is 1250. The summed E-state index contributed by atoms with van der Waals surface area (Å²) in [5, 5.41) is 2.77. The van der Waals surface area contributed by atoms with Gasteiger partial charge in [0.2, 0.25) is 15.9 Å². The molecule has 3 aromatic rings. The quantitative estimate of drug-likeness (QED) is 0.456. The lowest BCUT2D eigenvalue weighted by molar-refractivity contribution is -0.117. The van der Waals surface area contributed by atoms with E-state index in [4.69, 9.17) is 14.2 Å². The summed E-state index contributed by atoms with van der Waals surface area (Å²) in [6, 6.07) is 17.8. The van der Waals surface area contributed by atoms with Gasteiger partial charge in [-0.3, -0.25) is 4.79 Å². The molecule has 3 aromatic carbocycles. The molecule has 0 aliphatic heterocycles. The van der Waals surface area contributed by atoms with Crippen LogP contribution in [-0.4, -0.2) is 41.7 Å². The van der Waals surface area contributed by atoms with E-state index in [1.165, 1.54) is 27.4 Å². The summed E-state index contributed by atoms with van der Waals surface area (Å²) in [5.41, 5.74) is 1.89. The molecule has 0 aliphatic rings. The smallest absolute Gasteiger partial charge is 0.245 e. The molecule has 0 aliphatic carbocycles. The van der Waals surface area contributed by atoms with Crippen LogP contribution in [0.15, 0.2) is 71.6 Å². The van der Waals surface area contributed by atoms with E-state index in [0.717, 1.165) is 11.1 Å². The molecule has 0 fully saturated rings. The van der Waals surface area contributed by atoms with Gasteiger partial charge >= 0.3 is 0 Å². The van der Waals surface area contributed by atoms with Crippen LogP contribution >= 0.6 is 0 Å². The Morgan fingerprint density at radius 1 is 0.882 bits per heavy atom. The van der Waals surface area contributed by atoms with Crippen molar-refractivity contribution in [3.8, 4) is 17.2 Å². The molecule has 0 unspecified atom stereocenters. The minimum absolute atomic E-state index is 0.0418. The van der Waals surface area contributed by atoms with Gasteiger partial charge in [0.05, 0.1) is 27.0 Å². The number of ether oxygens (including phenoxy) is 3. The third-order valence-corrected chi connectivity index (χ3v) is 6.66. The minimum atomic E-state index is -4.10. The highest BCUT2D eigenvalue weighted by Crippen LogP contribution is 2.29. The maximum atomic E-state index is 13.3. The van der Waals surface area contributed by atoms with Crippen molar-refractivity contribution in [1.82, 2.24) is 4.72 Å². The second-order valence-corrected chi connectivity index (χ2v) is 9.26. The number of amides is 1. The number of nitrogens with one attached hydrogen (secondary N) is 2. The topological polar surface area (TPSA) is 103 Å². The number of rotatable bonds is 10. The monoisotopic (exact) mass is 484 g/mol. The molecule has 1 amide bonds. The van der Waals surface area contributed by atoms with Crippen LogP contribution in [0.3, 0.4) is 0 Å². The Kier molecular flexibility index (Phi) is 8.14. The van der Waals surface area contributed by atoms with E-state index < -0.39 is 22.0 Å². The number of methoxy groups -OCH3 is 3. The van der Waals surface area contributed by atoms with Crippen molar-refractivity contribution in [3.05, 3.63) is 77.9 Å². The van der Waals surface area contributed by atoms with Crippen LogP contribution in [-0.2, 0) is 21.2 Å². The lowest BCUT2D eigenvalue weighted by Crippen LogP contribution is -2.45. The van der Waals surface area contributed by atoms with Crippen LogP contribution in [0.25, 0.3) is 0 Å². The zero-order valence-corrected chi connectivity index (χ0v) is 20.3. The first-order valence-corrected chi connectivity index (χ1v) is 12.0. The molecule has 0 spiro atoms. The maximum absolute atomic E-state index is 13.3. The molecule has 0 radical (unpaired) electrons. The molecule has 0 saturated carbocycles. The van der Waals surface area contributed by atoms with Gasteiger partial charge in [-0.2, -0.15) is 4.72 Å². The third kappa shape index (κ3) is 6.06. The maximum Gasteiger partial charge on any atom is 0.245 e. The average Bonchev–Trinajstić information content (AvgIpc) is 2.84. The fourth-order valence-electron chi connectivity index (χ4n) is 3.41. The Labute approximate surface area is 199 Å². The highest BCUT2D eigenvalue weighted by Gasteiger charge is 2.29. The van der Waals surface area contributed by atoms with Gasteiger partial charge in [0.15, 0.2) is 0 Å². The molecule has 0 bridgehead atoms. The molecular formula is C25H28N2O6S. The molecule has 1 atom stereocenters. The largest absolute Gasteiger partial charge is 0.497 e. The second kappa shape index (κ2) is 11.0. The lowest BCUT2D eigenvalue weighted by Gasteiger charge is -2.21. The third-order valence-electron chi connectivity index (χ3n) is 5.17. The molecule has 9 heteroatoms. The van der Waals surface area contributed by atoms with Gasteiger partial charge in [-0.15, -0.1) is 0 Å². The van der Waals surface area contributed by atoms with Crippen LogP contribution in [0.1, 0.15) is 11.1 Å². The summed E-state index contributed by atoms with van der Waals surface area (Å²) in [4.78, 5) is 13.3. The summed E-state index contributed by atoms with van der Waals surface area (Å²) >= 11 is 0. The van der Waals surface area contributed by atoms with Gasteiger partial charge in [-0.1, -0.05) is 36.4 Å². The standard InChI is InChI=1S/C25H28N2O6S/c1-17-10-12-23(33-4)24(14-17)34(29,30)27-21(15-18-8-6-5-7-9-18)25(28)26-20-16-19(31-2)11-13-22(20)32-3/h5-14,16,21,27H,15H2,1-4H3,(H,26,28)/t21-/m1/s1. The zero-order valence-electron chi connectivity index (χ0n) is 19.5. The first-order chi connectivity index (χ1) is 16.3. The number of sulfonamides is 1. The Balaban J connectivity index is 1.96. The predicted octanol–water partition coefficient (Wildman–Crippen LogP) is 3.55. The molecule has 180 valence electrons. The molecule has 0 aromatic heterocycles. The van der Waals surface area contributed by atoms with Gasteiger partial charge < -0.3 is 19.5 Å². The molecule has 8 nitrogen and oxygen atoms in total. The van der Waals surface area contributed by atoms with Crippen LogP contribution in [0.5, 0.6) is 17.2 Å². The molecular weight excluding hydrogens is 456 g/mol. The van der Waals surface area contributed by atoms with Crippen molar-refractivity contribution in [2.24, 2.45) is 0 Å². The van der Waals surface area contributed by atoms with Crippen molar-refractivity contribution in [3.63, 3.8) is 0 Å². The number of hydrogen-bond donors (Lipinski definition) is 2. The van der Waals surface area contributed by atoms with Crippen molar-refractivity contribution in [2.75, 3.05) is 26.6 Å². The van der Waals surface area contributed by atoms with Crippen LogP contribution < -0.4 is 24.2 Å². The van der Waals surface area contributed by atoms with E-state index in [1.807, 2.05) is 30.3 Å². The van der Waals surface area contributed by atoms with Gasteiger partial charge in [0, 0.05) is 6.07 Å². The lowest BCUT2D eigenvalue weighted by atomic mass is 10.1. The fraction of sp³-hybridized carbons (Fsp3) is 0.240. The van der Waals surface area contributed by atoms with Crippen LogP contribution in [0.4, 0.5) is 5.69 Å². The van der Waals surface area contributed by atoms with Crippen molar-refractivity contribution >= 4 is 21.6 Å². The van der Waals surface area contributed by atoms with E-state index >= 15 is 0 Å². The number of benzene rings is 3. The first-order valence-electron chi connectivity index (χ1n) is 10.5. The zero-order chi connectivity index (χ0) is 24.7. The molecule has 34 heavy (non-hydrogen) atoms. The highest BCUT2D eigenvalue weighted by molar-refractivity contribution is 7.89. The molecule has 3 rings (SSSR count). The van der Waals surface area contributed by atoms with Gasteiger partial charge in [0.1, 0.15) is 28.2 Å². The molecule has 0 saturated heterocycles. The van der Waals surface area contributed by atoms with E-state index in [2.05, 4.69) is 10.0 Å². The molecule has 0 heterocycles. The van der Waals surface area contributed by atoms with E-state index in [0.29, 0.717) is 17.2 Å².